The normalized spacial score (nSPS) is 18.7. The van der Waals surface area contributed by atoms with Crippen molar-refractivity contribution in [3.63, 3.8) is 0 Å². The molecule has 4 rings (SSSR count). The Morgan fingerprint density at radius 3 is 2.82 bits per heavy atom. The van der Waals surface area contributed by atoms with Crippen LogP contribution in [-0.4, -0.2) is 53.1 Å². The highest BCUT2D eigenvalue weighted by Crippen LogP contribution is 2.29. The molecular weight excluding hydrogens is 481 g/mol. The van der Waals surface area contributed by atoms with E-state index in [0.29, 0.717) is 30.7 Å². The van der Waals surface area contributed by atoms with Crippen molar-refractivity contribution in [2.24, 2.45) is 0 Å². The SMILES string of the molecule is CC(F)(F)OCCOc1nnc([C@H]2CC[C@H](NC(=O)c3ccc4cc(Cl)c(F)cc4n3)CO2)o1. The third-order valence-corrected chi connectivity index (χ3v) is 5.23. The summed E-state index contributed by atoms with van der Waals surface area (Å²) in [5.74, 6) is -0.854. The molecular formula is C21H20ClF3N4O5. The van der Waals surface area contributed by atoms with Gasteiger partial charge in [-0.05, 0) is 25.0 Å². The van der Waals surface area contributed by atoms with Crippen LogP contribution < -0.4 is 10.1 Å². The molecule has 1 aliphatic heterocycles. The monoisotopic (exact) mass is 500 g/mol. The van der Waals surface area contributed by atoms with Crippen LogP contribution in [0.25, 0.3) is 10.9 Å². The summed E-state index contributed by atoms with van der Waals surface area (Å²) in [4.78, 5) is 16.8. The number of pyridine rings is 1. The van der Waals surface area contributed by atoms with E-state index in [1.54, 1.807) is 6.07 Å². The summed E-state index contributed by atoms with van der Waals surface area (Å²) >= 11 is 5.77. The molecule has 0 radical (unpaired) electrons. The molecule has 1 fully saturated rings. The van der Waals surface area contributed by atoms with Crippen molar-refractivity contribution in [3.05, 3.63) is 46.7 Å². The number of alkyl halides is 2. The van der Waals surface area contributed by atoms with Gasteiger partial charge < -0.3 is 23.9 Å². The van der Waals surface area contributed by atoms with E-state index in [4.69, 9.17) is 25.5 Å². The largest absolute Gasteiger partial charge is 0.447 e. The molecule has 1 aromatic carbocycles. The second kappa shape index (κ2) is 10.1. The minimum Gasteiger partial charge on any atom is -0.447 e. The first-order chi connectivity index (χ1) is 16.2. The second-order valence-electron chi connectivity index (χ2n) is 7.64. The van der Waals surface area contributed by atoms with Gasteiger partial charge >= 0.3 is 12.2 Å². The molecule has 9 nitrogen and oxygen atoms in total. The van der Waals surface area contributed by atoms with E-state index in [9.17, 15) is 18.0 Å². The lowest BCUT2D eigenvalue weighted by Gasteiger charge is -2.27. The van der Waals surface area contributed by atoms with Gasteiger partial charge in [0.05, 0.1) is 29.8 Å². The Balaban J connectivity index is 1.26. The minimum atomic E-state index is -3.25. The summed E-state index contributed by atoms with van der Waals surface area (Å²) in [6.45, 7) is 0.278. The molecule has 13 heteroatoms. The third kappa shape index (κ3) is 6.13. The highest BCUT2D eigenvalue weighted by Gasteiger charge is 2.29. The molecule has 0 unspecified atom stereocenters. The zero-order chi connectivity index (χ0) is 24.3. The quantitative estimate of drug-likeness (QED) is 0.461. The Morgan fingerprint density at radius 1 is 1.26 bits per heavy atom. The Hall–Kier alpha value is -2.96. The maximum Gasteiger partial charge on any atom is 0.414 e. The van der Waals surface area contributed by atoms with Gasteiger partial charge in [-0.3, -0.25) is 4.79 Å². The number of hydrogen-bond acceptors (Lipinski definition) is 8. The standard InChI is InChI=1S/C21H20ClF3N4O5/c1-21(24,25)33-7-6-31-20-29-28-19(34-20)17-5-3-12(10-32-17)26-18(30)15-4-2-11-8-13(22)14(23)9-16(11)27-15/h2,4,8-9,12,17H,3,5-7,10H2,1H3,(H,26,30)/t12-,17+/m0/s1. The predicted molar refractivity (Wildman–Crippen MR) is 112 cm³/mol. The highest BCUT2D eigenvalue weighted by atomic mass is 35.5. The first-order valence-corrected chi connectivity index (χ1v) is 10.7. The van der Waals surface area contributed by atoms with E-state index in [1.165, 1.54) is 18.2 Å². The van der Waals surface area contributed by atoms with E-state index >= 15 is 0 Å². The zero-order valence-corrected chi connectivity index (χ0v) is 18.7. The topological polar surface area (TPSA) is 109 Å². The average Bonchev–Trinajstić information content (AvgIpc) is 3.26. The van der Waals surface area contributed by atoms with Gasteiger partial charge in [0.25, 0.3) is 5.91 Å². The summed E-state index contributed by atoms with van der Waals surface area (Å²) < 4.78 is 59.3. The molecule has 3 heterocycles. The number of fused-ring (bicyclic) bond motifs is 1. The van der Waals surface area contributed by atoms with Gasteiger partial charge in [0, 0.05) is 18.4 Å². The highest BCUT2D eigenvalue weighted by molar-refractivity contribution is 6.31. The van der Waals surface area contributed by atoms with Crippen molar-refractivity contribution in [1.29, 1.82) is 0 Å². The van der Waals surface area contributed by atoms with Gasteiger partial charge in [0.15, 0.2) is 0 Å². The van der Waals surface area contributed by atoms with Crippen molar-refractivity contribution in [1.82, 2.24) is 20.5 Å². The predicted octanol–water partition coefficient (Wildman–Crippen LogP) is 4.07. The molecule has 0 aliphatic carbocycles. The van der Waals surface area contributed by atoms with E-state index in [1.807, 2.05) is 0 Å². The number of carbonyl (C=O) groups is 1. The van der Waals surface area contributed by atoms with Gasteiger partial charge in [-0.15, -0.1) is 5.10 Å². The molecule has 0 saturated carbocycles. The number of nitrogens with one attached hydrogen (secondary N) is 1. The van der Waals surface area contributed by atoms with Crippen LogP contribution in [0.1, 0.15) is 42.2 Å². The number of ether oxygens (including phenoxy) is 3. The van der Waals surface area contributed by atoms with E-state index in [0.717, 1.165) is 0 Å². The van der Waals surface area contributed by atoms with Gasteiger partial charge in [-0.25, -0.2) is 9.37 Å². The zero-order valence-electron chi connectivity index (χ0n) is 17.9. The van der Waals surface area contributed by atoms with Crippen LogP contribution in [0, 0.1) is 5.82 Å². The first kappa shape index (κ1) is 24.2. The number of aromatic nitrogens is 3. The lowest BCUT2D eigenvalue weighted by Crippen LogP contribution is -2.41. The Morgan fingerprint density at radius 2 is 2.09 bits per heavy atom. The fraction of sp³-hybridized carbons (Fsp3) is 0.429. The van der Waals surface area contributed by atoms with E-state index in [-0.39, 0.29) is 48.5 Å². The van der Waals surface area contributed by atoms with Gasteiger partial charge in [-0.1, -0.05) is 22.8 Å². The number of halogens is 4. The van der Waals surface area contributed by atoms with Gasteiger partial charge in [-0.2, -0.15) is 8.78 Å². The number of benzene rings is 1. The Labute approximate surface area is 196 Å². The molecule has 1 N–H and O–H groups in total. The maximum atomic E-state index is 13.7. The van der Waals surface area contributed by atoms with E-state index < -0.39 is 23.9 Å². The van der Waals surface area contributed by atoms with Crippen LogP contribution in [-0.2, 0) is 9.47 Å². The Kier molecular flexibility index (Phi) is 7.19. The molecule has 1 aliphatic rings. The first-order valence-electron chi connectivity index (χ1n) is 10.3. The van der Waals surface area contributed by atoms with E-state index in [2.05, 4.69) is 25.2 Å². The van der Waals surface area contributed by atoms with Crippen LogP contribution in [0.4, 0.5) is 13.2 Å². The van der Waals surface area contributed by atoms with Crippen LogP contribution in [0.15, 0.2) is 28.7 Å². The number of rotatable bonds is 8. The minimum absolute atomic E-state index is 0.0181. The molecule has 3 aromatic rings. The van der Waals surface area contributed by atoms with Crippen molar-refractivity contribution in [2.75, 3.05) is 19.8 Å². The Bertz CT molecular complexity index is 1170. The van der Waals surface area contributed by atoms with Gasteiger partial charge in [0.2, 0.25) is 5.89 Å². The summed E-state index contributed by atoms with van der Waals surface area (Å²) in [7, 11) is 0. The molecule has 34 heavy (non-hydrogen) atoms. The summed E-state index contributed by atoms with van der Waals surface area (Å²) in [5, 5.41) is 11.0. The van der Waals surface area contributed by atoms with Crippen molar-refractivity contribution >= 4 is 28.4 Å². The number of carbonyl (C=O) groups excluding carboxylic acids is 1. The number of hydrogen-bond donors (Lipinski definition) is 1. The molecule has 182 valence electrons. The van der Waals surface area contributed by atoms with Crippen molar-refractivity contribution in [2.45, 2.75) is 38.0 Å². The molecule has 0 bridgehead atoms. The summed E-state index contributed by atoms with van der Waals surface area (Å²) in [6.07, 6.45) is -2.89. The lowest BCUT2D eigenvalue weighted by molar-refractivity contribution is -0.226. The molecule has 0 spiro atoms. The van der Waals surface area contributed by atoms with Crippen molar-refractivity contribution in [3.8, 4) is 6.08 Å². The molecule has 1 saturated heterocycles. The van der Waals surface area contributed by atoms with Crippen molar-refractivity contribution < 1.29 is 36.6 Å². The molecule has 1 amide bonds. The van der Waals surface area contributed by atoms with Crippen LogP contribution >= 0.6 is 11.6 Å². The third-order valence-electron chi connectivity index (χ3n) is 4.94. The van der Waals surface area contributed by atoms with Crippen LogP contribution in [0.2, 0.25) is 5.02 Å². The van der Waals surface area contributed by atoms with Crippen LogP contribution in [0.3, 0.4) is 0 Å². The smallest absolute Gasteiger partial charge is 0.414 e. The fourth-order valence-corrected chi connectivity index (χ4v) is 3.49. The number of amides is 1. The fourth-order valence-electron chi connectivity index (χ4n) is 3.32. The number of nitrogens with zero attached hydrogens (tertiary/aromatic N) is 3. The molecule has 2 atom stereocenters. The van der Waals surface area contributed by atoms with Crippen LogP contribution in [0.5, 0.6) is 6.08 Å². The summed E-state index contributed by atoms with van der Waals surface area (Å²) in [5.41, 5.74) is 0.457. The summed E-state index contributed by atoms with van der Waals surface area (Å²) in [6, 6.07) is 5.52. The second-order valence-corrected chi connectivity index (χ2v) is 8.04. The average molecular weight is 501 g/mol. The molecule has 2 aromatic heterocycles. The van der Waals surface area contributed by atoms with Gasteiger partial charge in [0.1, 0.15) is 24.2 Å². The lowest BCUT2D eigenvalue weighted by atomic mass is 10.0. The maximum absolute atomic E-state index is 13.7.